The number of hydrogen-bond acceptors (Lipinski definition) is 3. The lowest BCUT2D eigenvalue weighted by atomic mass is 10.1. The van der Waals surface area contributed by atoms with Gasteiger partial charge in [-0.3, -0.25) is 9.69 Å². The molecule has 2 rings (SSSR count). The predicted molar refractivity (Wildman–Crippen MR) is 67.5 cm³/mol. The van der Waals surface area contributed by atoms with Gasteiger partial charge in [-0.05, 0) is 32.0 Å². The molecule has 0 spiro atoms. The van der Waals surface area contributed by atoms with E-state index < -0.39 is 17.6 Å². The number of hydrogen-bond donors (Lipinski definition) is 1. The van der Waals surface area contributed by atoms with Crippen molar-refractivity contribution < 1.29 is 19.1 Å². The Bertz CT molecular complexity index is 495. The molecule has 1 N–H and O–H groups in total. The summed E-state index contributed by atoms with van der Waals surface area (Å²) in [5, 5.41) is 8.58. The quantitative estimate of drug-likeness (QED) is 0.669. The topological polar surface area (TPSA) is 57.6 Å². The van der Waals surface area contributed by atoms with Crippen molar-refractivity contribution in [2.24, 2.45) is 0 Å². The highest BCUT2D eigenvalue weighted by Gasteiger charge is 2.17. The minimum absolute atomic E-state index is 0.118. The Morgan fingerprint density at radius 1 is 1.21 bits per heavy atom. The van der Waals surface area contributed by atoms with E-state index in [1.807, 2.05) is 0 Å². The third-order valence-electron chi connectivity index (χ3n) is 3.35. The number of ketones is 1. The molecule has 0 aromatic heterocycles. The van der Waals surface area contributed by atoms with Crippen LogP contribution in [0.15, 0.2) is 18.2 Å². The number of piperidine rings is 1. The summed E-state index contributed by atoms with van der Waals surface area (Å²) >= 11 is 0. The Morgan fingerprint density at radius 2 is 1.89 bits per heavy atom. The Morgan fingerprint density at radius 3 is 2.47 bits per heavy atom. The maximum absolute atomic E-state index is 13.9. The van der Waals surface area contributed by atoms with Gasteiger partial charge in [0.15, 0.2) is 0 Å². The highest BCUT2D eigenvalue weighted by Crippen LogP contribution is 2.17. The molecule has 1 fully saturated rings. The van der Waals surface area contributed by atoms with Crippen LogP contribution in [0.1, 0.15) is 35.2 Å². The zero-order valence-electron chi connectivity index (χ0n) is 10.6. The van der Waals surface area contributed by atoms with Gasteiger partial charge in [-0.1, -0.05) is 18.6 Å². The van der Waals surface area contributed by atoms with E-state index in [0.717, 1.165) is 32.0 Å². The number of Topliss-reactive ketones (excluding diaryl/α,β-unsaturated/α-hetero) is 1. The molecule has 1 heterocycles. The van der Waals surface area contributed by atoms with Gasteiger partial charge in [0, 0.05) is 17.7 Å². The Hall–Kier alpha value is -1.75. The van der Waals surface area contributed by atoms with Crippen LogP contribution in [0.5, 0.6) is 0 Å². The third kappa shape index (κ3) is 3.38. The SMILES string of the molecule is O=C(O)C(=O)c1ccc(CN2CCCCC2)c(F)c1. The monoisotopic (exact) mass is 265 g/mol. The number of carbonyl (C=O) groups is 2. The van der Waals surface area contributed by atoms with Crippen molar-refractivity contribution in [1.29, 1.82) is 0 Å². The molecule has 5 heteroatoms. The predicted octanol–water partition coefficient (Wildman–Crippen LogP) is 2.08. The second-order valence-electron chi connectivity index (χ2n) is 4.78. The fourth-order valence-electron chi connectivity index (χ4n) is 2.30. The molecule has 19 heavy (non-hydrogen) atoms. The molecule has 102 valence electrons. The number of rotatable bonds is 4. The van der Waals surface area contributed by atoms with Crippen LogP contribution in [-0.2, 0) is 11.3 Å². The van der Waals surface area contributed by atoms with Crippen LogP contribution in [0.25, 0.3) is 0 Å². The fraction of sp³-hybridized carbons (Fsp3) is 0.429. The molecular weight excluding hydrogens is 249 g/mol. The average Bonchev–Trinajstić information content (AvgIpc) is 2.41. The highest BCUT2D eigenvalue weighted by molar-refractivity contribution is 6.39. The maximum atomic E-state index is 13.9. The number of aliphatic carboxylic acids is 1. The van der Waals surface area contributed by atoms with E-state index in [1.54, 1.807) is 0 Å². The number of likely N-dealkylation sites (tertiary alicyclic amines) is 1. The molecule has 0 radical (unpaired) electrons. The number of carboxylic acids is 1. The minimum atomic E-state index is -1.57. The first-order valence-electron chi connectivity index (χ1n) is 6.36. The molecule has 1 aromatic carbocycles. The molecule has 1 saturated heterocycles. The lowest BCUT2D eigenvalue weighted by molar-refractivity contribution is -0.131. The van der Waals surface area contributed by atoms with E-state index in [2.05, 4.69) is 4.90 Å². The third-order valence-corrected chi connectivity index (χ3v) is 3.35. The van der Waals surface area contributed by atoms with Gasteiger partial charge in [0.25, 0.3) is 5.78 Å². The average molecular weight is 265 g/mol. The molecule has 4 nitrogen and oxygen atoms in total. The van der Waals surface area contributed by atoms with Crippen molar-refractivity contribution in [3.8, 4) is 0 Å². The van der Waals surface area contributed by atoms with Gasteiger partial charge < -0.3 is 5.11 Å². The highest BCUT2D eigenvalue weighted by atomic mass is 19.1. The first-order chi connectivity index (χ1) is 9.08. The van der Waals surface area contributed by atoms with Crippen LogP contribution in [0, 0.1) is 5.82 Å². The summed E-state index contributed by atoms with van der Waals surface area (Å²) in [5.41, 5.74) is 0.385. The van der Waals surface area contributed by atoms with Gasteiger partial charge in [-0.25, -0.2) is 9.18 Å². The Balaban J connectivity index is 2.10. The van der Waals surface area contributed by atoms with Crippen LogP contribution in [0.3, 0.4) is 0 Å². The molecule has 1 aliphatic rings. The van der Waals surface area contributed by atoms with Crippen LogP contribution in [-0.4, -0.2) is 34.8 Å². The van der Waals surface area contributed by atoms with E-state index in [9.17, 15) is 14.0 Å². The first-order valence-corrected chi connectivity index (χ1v) is 6.36. The molecular formula is C14H16FNO3. The molecule has 0 saturated carbocycles. The van der Waals surface area contributed by atoms with E-state index >= 15 is 0 Å². The van der Waals surface area contributed by atoms with E-state index in [0.29, 0.717) is 12.1 Å². The summed E-state index contributed by atoms with van der Waals surface area (Å²) in [4.78, 5) is 23.9. The van der Waals surface area contributed by atoms with E-state index in [4.69, 9.17) is 5.11 Å². The van der Waals surface area contributed by atoms with Crippen LogP contribution in [0.4, 0.5) is 4.39 Å². The molecule has 0 unspecified atom stereocenters. The second kappa shape index (κ2) is 5.93. The van der Waals surface area contributed by atoms with Crippen molar-refractivity contribution in [3.63, 3.8) is 0 Å². The molecule has 1 aromatic rings. The largest absolute Gasteiger partial charge is 0.475 e. The molecule has 0 atom stereocenters. The number of benzene rings is 1. The Kier molecular flexibility index (Phi) is 4.27. The van der Waals surface area contributed by atoms with Crippen molar-refractivity contribution >= 4 is 11.8 Å². The van der Waals surface area contributed by atoms with E-state index in [-0.39, 0.29) is 5.56 Å². The van der Waals surface area contributed by atoms with Crippen LogP contribution in [0.2, 0.25) is 0 Å². The zero-order chi connectivity index (χ0) is 13.8. The summed E-state index contributed by atoms with van der Waals surface area (Å²) in [6.45, 7) is 2.41. The fourth-order valence-corrected chi connectivity index (χ4v) is 2.30. The Labute approximate surface area is 110 Å². The first kappa shape index (κ1) is 13.7. The van der Waals surface area contributed by atoms with Crippen molar-refractivity contribution in [2.75, 3.05) is 13.1 Å². The van der Waals surface area contributed by atoms with Crippen molar-refractivity contribution in [2.45, 2.75) is 25.8 Å². The summed E-state index contributed by atoms with van der Waals surface area (Å²) in [6, 6.07) is 3.88. The zero-order valence-corrected chi connectivity index (χ0v) is 10.6. The van der Waals surface area contributed by atoms with Crippen LogP contribution >= 0.6 is 0 Å². The van der Waals surface area contributed by atoms with Gasteiger partial charge in [0.2, 0.25) is 0 Å². The summed E-state index contributed by atoms with van der Waals surface area (Å²) in [6.07, 6.45) is 3.46. The standard InChI is InChI=1S/C14H16FNO3/c15-12-8-10(13(17)14(18)19)4-5-11(12)9-16-6-2-1-3-7-16/h4-5,8H,1-3,6-7,9H2,(H,18,19). The normalized spacial score (nSPS) is 16.3. The maximum Gasteiger partial charge on any atom is 0.377 e. The second-order valence-corrected chi connectivity index (χ2v) is 4.78. The lowest BCUT2D eigenvalue weighted by Crippen LogP contribution is -2.29. The number of carbonyl (C=O) groups excluding carboxylic acids is 1. The molecule has 0 aliphatic carbocycles. The summed E-state index contributed by atoms with van der Waals surface area (Å²) < 4.78 is 13.9. The lowest BCUT2D eigenvalue weighted by Gasteiger charge is -2.26. The summed E-state index contributed by atoms with van der Waals surface area (Å²) in [5.74, 6) is -3.16. The van der Waals surface area contributed by atoms with E-state index in [1.165, 1.54) is 18.6 Å². The van der Waals surface area contributed by atoms with Gasteiger partial charge in [0.05, 0.1) is 0 Å². The van der Waals surface area contributed by atoms with Gasteiger partial charge in [-0.2, -0.15) is 0 Å². The van der Waals surface area contributed by atoms with Gasteiger partial charge in [0.1, 0.15) is 5.82 Å². The molecule has 1 aliphatic heterocycles. The minimum Gasteiger partial charge on any atom is -0.475 e. The number of carboxylic acid groups (broad SMARTS) is 1. The van der Waals surface area contributed by atoms with Crippen molar-refractivity contribution in [1.82, 2.24) is 4.90 Å². The number of nitrogens with zero attached hydrogens (tertiary/aromatic N) is 1. The van der Waals surface area contributed by atoms with Gasteiger partial charge in [-0.15, -0.1) is 0 Å². The molecule has 0 bridgehead atoms. The van der Waals surface area contributed by atoms with Crippen LogP contribution < -0.4 is 0 Å². The van der Waals surface area contributed by atoms with Crippen molar-refractivity contribution in [3.05, 3.63) is 35.1 Å². The summed E-state index contributed by atoms with van der Waals surface area (Å²) in [7, 11) is 0. The smallest absolute Gasteiger partial charge is 0.377 e. The van der Waals surface area contributed by atoms with Gasteiger partial charge >= 0.3 is 5.97 Å². The number of halogens is 1. The molecule has 0 amide bonds.